The van der Waals surface area contributed by atoms with E-state index in [1.807, 2.05) is 54.6 Å². The Hall–Kier alpha value is -3.96. The van der Waals surface area contributed by atoms with E-state index in [9.17, 15) is 24.3 Å². The molecule has 0 spiro atoms. The minimum absolute atomic E-state index is 0.0940. The Labute approximate surface area is 264 Å². The molecule has 0 saturated carbocycles. The highest BCUT2D eigenvalue weighted by molar-refractivity contribution is 5.89. The first-order valence-electron chi connectivity index (χ1n) is 15.9. The van der Waals surface area contributed by atoms with Crippen LogP contribution in [-0.4, -0.2) is 89.5 Å². The van der Waals surface area contributed by atoms with Crippen LogP contribution in [-0.2, 0) is 32.3 Å². The molecule has 5 rings (SSSR count). The van der Waals surface area contributed by atoms with Crippen molar-refractivity contribution in [2.45, 2.75) is 76.3 Å². The number of amides is 4. The second-order valence-corrected chi connectivity index (χ2v) is 12.6. The highest BCUT2D eigenvalue weighted by Gasteiger charge is 2.43. The van der Waals surface area contributed by atoms with E-state index < -0.39 is 18.2 Å². The summed E-state index contributed by atoms with van der Waals surface area (Å²) < 4.78 is 5.33. The zero-order valence-corrected chi connectivity index (χ0v) is 26.1. The van der Waals surface area contributed by atoms with Gasteiger partial charge in [0.2, 0.25) is 23.6 Å². The maximum Gasteiger partial charge on any atom is 0.243 e. The van der Waals surface area contributed by atoms with Gasteiger partial charge >= 0.3 is 0 Å². The molecule has 3 fully saturated rings. The molecule has 0 radical (unpaired) electrons. The number of rotatable bonds is 8. The molecule has 4 N–H and O–H groups in total. The lowest BCUT2D eigenvalue weighted by molar-refractivity contribution is -0.141. The summed E-state index contributed by atoms with van der Waals surface area (Å²) in [6.45, 7) is 3.79. The number of fused-ring (bicyclic) bond motifs is 3. The number of ether oxygens (including phenoxy) is 1. The van der Waals surface area contributed by atoms with Crippen LogP contribution >= 0.6 is 0 Å². The van der Waals surface area contributed by atoms with Crippen molar-refractivity contribution in [1.29, 1.82) is 0 Å². The van der Waals surface area contributed by atoms with Gasteiger partial charge in [0, 0.05) is 51.6 Å². The number of nitrogens with one attached hydrogen (secondary N) is 3. The molecule has 45 heavy (non-hydrogen) atoms. The van der Waals surface area contributed by atoms with Gasteiger partial charge in [0.05, 0.1) is 25.7 Å². The summed E-state index contributed by atoms with van der Waals surface area (Å²) in [4.78, 5) is 57.0. The van der Waals surface area contributed by atoms with Crippen LogP contribution in [0.1, 0.15) is 50.2 Å². The molecule has 6 atom stereocenters. The Morgan fingerprint density at radius 1 is 1.00 bits per heavy atom. The Morgan fingerprint density at radius 3 is 2.56 bits per heavy atom. The van der Waals surface area contributed by atoms with E-state index in [0.717, 1.165) is 16.9 Å². The fourth-order valence-corrected chi connectivity index (χ4v) is 6.71. The molecule has 3 heterocycles. The standard InChI is InChI=1S/C34H45N5O6/c1-22-30(40)17-32(42)38-12-11-25(14-31(41)36-18-23-7-4-3-5-8-23)26(20-38)15-33(43)39-21-27(16-29(39)34(44)37-22)35-19-24-9-6-10-28(13-24)45-2/h3-10,13,22,25-27,29-30,35,40H,11-12,14-21H2,1-2H3,(H,36,41)(H,37,44)/t22-,25-,26-,27-,29-,30-/m0/s1. The van der Waals surface area contributed by atoms with Crippen LogP contribution in [0.4, 0.5) is 0 Å². The molecule has 3 aliphatic heterocycles. The molecular weight excluding hydrogens is 574 g/mol. The van der Waals surface area contributed by atoms with Crippen molar-refractivity contribution in [2.75, 3.05) is 26.7 Å². The SMILES string of the molecule is COc1cccc(CN[C@H]2C[C@H]3C(=O)N[C@@H](C)[C@@H](O)CC(=O)N4CC[C@@H](CC(=O)NCc5ccccc5)[C@@H](CC(=O)N3C2)C4)c1. The number of methoxy groups -OCH3 is 1. The third-order valence-corrected chi connectivity index (χ3v) is 9.44. The van der Waals surface area contributed by atoms with Crippen molar-refractivity contribution >= 4 is 23.6 Å². The summed E-state index contributed by atoms with van der Waals surface area (Å²) >= 11 is 0. The minimum atomic E-state index is -1.06. The topological polar surface area (TPSA) is 140 Å². The zero-order valence-electron chi connectivity index (χ0n) is 26.1. The van der Waals surface area contributed by atoms with Gasteiger partial charge in [-0.25, -0.2) is 0 Å². The van der Waals surface area contributed by atoms with E-state index in [0.29, 0.717) is 45.6 Å². The number of hydrogen-bond acceptors (Lipinski definition) is 7. The minimum Gasteiger partial charge on any atom is -0.497 e. The molecular formula is C34H45N5O6. The fourth-order valence-electron chi connectivity index (χ4n) is 6.71. The third kappa shape index (κ3) is 8.40. The van der Waals surface area contributed by atoms with E-state index in [1.54, 1.807) is 23.8 Å². The normalized spacial score (nSPS) is 27.5. The molecule has 3 saturated heterocycles. The lowest BCUT2D eigenvalue weighted by atomic mass is 9.80. The maximum absolute atomic E-state index is 14.0. The van der Waals surface area contributed by atoms with Gasteiger partial charge in [-0.2, -0.15) is 0 Å². The van der Waals surface area contributed by atoms with Gasteiger partial charge < -0.3 is 35.6 Å². The number of carbonyl (C=O) groups excluding carboxylic acids is 4. The number of aliphatic hydroxyl groups excluding tert-OH is 1. The van der Waals surface area contributed by atoms with Gasteiger partial charge in [0.25, 0.3) is 0 Å². The van der Waals surface area contributed by atoms with Crippen molar-refractivity contribution in [2.24, 2.45) is 11.8 Å². The molecule has 2 aromatic carbocycles. The van der Waals surface area contributed by atoms with E-state index in [1.165, 1.54) is 0 Å². The number of hydrogen-bond donors (Lipinski definition) is 4. The van der Waals surface area contributed by atoms with Crippen LogP contribution in [0.3, 0.4) is 0 Å². The molecule has 11 heteroatoms. The maximum atomic E-state index is 14.0. The smallest absolute Gasteiger partial charge is 0.243 e. The molecule has 0 aromatic heterocycles. The average Bonchev–Trinajstić information content (AvgIpc) is 3.48. The van der Waals surface area contributed by atoms with E-state index in [2.05, 4.69) is 16.0 Å². The summed E-state index contributed by atoms with van der Waals surface area (Å²) in [5.41, 5.74) is 2.03. The summed E-state index contributed by atoms with van der Waals surface area (Å²) in [5.74, 6) is -0.403. The molecule has 0 unspecified atom stereocenters. The first-order valence-corrected chi connectivity index (χ1v) is 15.9. The van der Waals surface area contributed by atoms with Crippen LogP contribution in [0.2, 0.25) is 0 Å². The molecule has 4 amide bonds. The predicted molar refractivity (Wildman–Crippen MR) is 168 cm³/mol. The second-order valence-electron chi connectivity index (χ2n) is 12.6. The average molecular weight is 620 g/mol. The van der Waals surface area contributed by atoms with Crippen molar-refractivity contribution in [3.05, 3.63) is 65.7 Å². The Bertz CT molecular complexity index is 1360. The van der Waals surface area contributed by atoms with Gasteiger partial charge in [-0.1, -0.05) is 42.5 Å². The summed E-state index contributed by atoms with van der Waals surface area (Å²) in [7, 11) is 1.62. The summed E-state index contributed by atoms with van der Waals surface area (Å²) in [5, 5.41) is 20.2. The summed E-state index contributed by atoms with van der Waals surface area (Å²) in [6, 6.07) is 15.9. The quantitative estimate of drug-likeness (QED) is 0.352. The molecule has 0 aliphatic carbocycles. The van der Waals surface area contributed by atoms with Crippen LogP contribution in [0, 0.1) is 11.8 Å². The number of piperidine rings is 1. The predicted octanol–water partition coefficient (Wildman–Crippen LogP) is 1.58. The van der Waals surface area contributed by atoms with E-state index in [-0.39, 0.29) is 60.8 Å². The van der Waals surface area contributed by atoms with Crippen molar-refractivity contribution in [1.82, 2.24) is 25.8 Å². The van der Waals surface area contributed by atoms with Crippen LogP contribution in [0.5, 0.6) is 5.75 Å². The van der Waals surface area contributed by atoms with Crippen LogP contribution in [0.25, 0.3) is 0 Å². The lowest BCUT2D eigenvalue weighted by Crippen LogP contribution is -2.51. The number of benzene rings is 2. The molecule has 2 bridgehead atoms. The Balaban J connectivity index is 1.30. The first kappa shape index (κ1) is 32.4. The fraction of sp³-hybridized carbons (Fsp3) is 0.529. The van der Waals surface area contributed by atoms with Crippen LogP contribution in [0.15, 0.2) is 54.6 Å². The van der Waals surface area contributed by atoms with Gasteiger partial charge in [0.1, 0.15) is 11.8 Å². The first-order chi connectivity index (χ1) is 21.7. The third-order valence-electron chi connectivity index (χ3n) is 9.44. The number of nitrogens with zero attached hydrogens (tertiary/aromatic N) is 2. The van der Waals surface area contributed by atoms with Crippen molar-refractivity contribution in [3.8, 4) is 5.75 Å². The summed E-state index contributed by atoms with van der Waals surface area (Å²) in [6.07, 6.45) is 0.204. The highest BCUT2D eigenvalue weighted by Crippen LogP contribution is 2.32. The molecule has 2 aromatic rings. The highest BCUT2D eigenvalue weighted by atomic mass is 16.5. The second kappa shape index (κ2) is 14.9. The number of aliphatic hydroxyl groups is 1. The lowest BCUT2D eigenvalue weighted by Gasteiger charge is -2.39. The van der Waals surface area contributed by atoms with Crippen LogP contribution < -0.4 is 20.7 Å². The van der Waals surface area contributed by atoms with Gasteiger partial charge in [-0.15, -0.1) is 0 Å². The molecule has 3 aliphatic rings. The van der Waals surface area contributed by atoms with E-state index in [4.69, 9.17) is 4.74 Å². The zero-order chi connectivity index (χ0) is 31.9. The Morgan fingerprint density at radius 2 is 1.78 bits per heavy atom. The van der Waals surface area contributed by atoms with Crippen molar-refractivity contribution in [3.63, 3.8) is 0 Å². The van der Waals surface area contributed by atoms with Gasteiger partial charge in [-0.3, -0.25) is 19.2 Å². The molecule has 11 nitrogen and oxygen atoms in total. The van der Waals surface area contributed by atoms with E-state index >= 15 is 0 Å². The van der Waals surface area contributed by atoms with Gasteiger partial charge in [-0.05, 0) is 54.9 Å². The largest absolute Gasteiger partial charge is 0.497 e. The van der Waals surface area contributed by atoms with Crippen molar-refractivity contribution < 1.29 is 29.0 Å². The number of carbonyl (C=O) groups is 4. The van der Waals surface area contributed by atoms with Gasteiger partial charge in [0.15, 0.2) is 0 Å². The Kier molecular flexibility index (Phi) is 10.7. The monoisotopic (exact) mass is 619 g/mol. The molecule has 242 valence electrons.